The monoisotopic (exact) mass is 692 g/mol. The quantitative estimate of drug-likeness (QED) is 0.140. The van der Waals surface area contributed by atoms with Crippen LogP contribution in [0.1, 0.15) is 10.4 Å². The average molecular weight is 694 g/mol. The van der Waals surface area contributed by atoms with Crippen molar-refractivity contribution in [2.24, 2.45) is 0 Å². The molecule has 0 bridgehead atoms. The number of nitrogens with one attached hydrogen (secondary N) is 2. The zero-order valence-corrected chi connectivity index (χ0v) is 24.0. The van der Waals surface area contributed by atoms with Crippen LogP contribution in [0.4, 0.5) is 39.0 Å². The third-order valence-electron chi connectivity index (χ3n) is 5.96. The van der Waals surface area contributed by atoms with Gasteiger partial charge in [-0.25, -0.2) is 22.0 Å². The number of piperazine rings is 1. The number of rotatable bonds is 5. The molecular weight excluding hydrogens is 675 g/mol. The number of benzene rings is 3. The number of thiocarbonyl (C=S) groups is 1. The van der Waals surface area contributed by atoms with Crippen LogP contribution in [-0.4, -0.2) is 44.3 Å². The molecule has 3 aromatic carbocycles. The van der Waals surface area contributed by atoms with Crippen molar-refractivity contribution in [1.29, 1.82) is 0 Å². The molecule has 2 N–H and O–H groups in total. The van der Waals surface area contributed by atoms with Gasteiger partial charge in [0.1, 0.15) is 11.4 Å². The molecule has 39 heavy (non-hydrogen) atoms. The Kier molecular flexibility index (Phi) is 8.96. The number of halogens is 7. The van der Waals surface area contributed by atoms with Crippen LogP contribution >= 0.6 is 44.1 Å². The summed E-state index contributed by atoms with van der Waals surface area (Å²) >= 11 is 11.9. The Bertz CT molecular complexity index is 1410. The Morgan fingerprint density at radius 2 is 1.41 bits per heavy atom. The van der Waals surface area contributed by atoms with Crippen molar-refractivity contribution in [2.45, 2.75) is 0 Å². The minimum Gasteiger partial charge on any atom is -0.495 e. The van der Waals surface area contributed by atoms with Crippen LogP contribution in [0.5, 0.6) is 5.75 Å². The number of carbonyl (C=O) groups is 1. The van der Waals surface area contributed by atoms with Crippen molar-refractivity contribution in [1.82, 2.24) is 5.32 Å². The molecule has 206 valence electrons. The maximum atomic E-state index is 14.2. The minimum atomic E-state index is -2.18. The van der Waals surface area contributed by atoms with E-state index in [0.29, 0.717) is 20.4 Å². The van der Waals surface area contributed by atoms with Crippen molar-refractivity contribution < 1.29 is 31.5 Å². The van der Waals surface area contributed by atoms with E-state index >= 15 is 0 Å². The summed E-state index contributed by atoms with van der Waals surface area (Å²) < 4.78 is 75.5. The highest BCUT2D eigenvalue weighted by atomic mass is 79.9. The van der Waals surface area contributed by atoms with Crippen LogP contribution in [0.15, 0.2) is 45.3 Å². The van der Waals surface area contributed by atoms with E-state index in [1.165, 1.54) is 7.11 Å². The molecule has 1 aliphatic heterocycles. The Balaban J connectivity index is 1.37. The van der Waals surface area contributed by atoms with Crippen LogP contribution in [0.25, 0.3) is 0 Å². The summed E-state index contributed by atoms with van der Waals surface area (Å²) in [4.78, 5) is 15.8. The van der Waals surface area contributed by atoms with Gasteiger partial charge in [0, 0.05) is 42.0 Å². The highest BCUT2D eigenvalue weighted by Gasteiger charge is 2.30. The fourth-order valence-electron chi connectivity index (χ4n) is 4.08. The summed E-state index contributed by atoms with van der Waals surface area (Å²) in [5.74, 6) is -9.92. The fourth-order valence-corrected chi connectivity index (χ4v) is 5.68. The highest BCUT2D eigenvalue weighted by Crippen LogP contribution is 2.33. The average Bonchev–Trinajstić information content (AvgIpc) is 2.91. The lowest BCUT2D eigenvalue weighted by Crippen LogP contribution is -2.47. The first-order chi connectivity index (χ1) is 18.5. The van der Waals surface area contributed by atoms with E-state index in [4.69, 9.17) is 17.0 Å². The third kappa shape index (κ3) is 6.12. The van der Waals surface area contributed by atoms with Crippen molar-refractivity contribution in [2.75, 3.05) is 48.4 Å². The van der Waals surface area contributed by atoms with Crippen LogP contribution in [0, 0.1) is 29.1 Å². The second-order valence-corrected chi connectivity index (χ2v) is 10.5. The molecule has 1 aliphatic rings. The van der Waals surface area contributed by atoms with E-state index in [9.17, 15) is 26.7 Å². The molecule has 14 heteroatoms. The molecule has 1 saturated heterocycles. The maximum Gasteiger partial charge on any atom is 0.261 e. The van der Waals surface area contributed by atoms with Crippen molar-refractivity contribution >= 4 is 72.2 Å². The summed E-state index contributed by atoms with van der Waals surface area (Å²) in [7, 11) is 1.45. The van der Waals surface area contributed by atoms with Gasteiger partial charge in [-0.1, -0.05) is 15.9 Å². The maximum absolute atomic E-state index is 14.2. The molecule has 0 aliphatic carbocycles. The van der Waals surface area contributed by atoms with E-state index in [2.05, 4.69) is 42.5 Å². The van der Waals surface area contributed by atoms with E-state index in [0.717, 1.165) is 10.6 Å². The number of anilines is 3. The first-order valence-electron chi connectivity index (χ1n) is 11.3. The van der Waals surface area contributed by atoms with Gasteiger partial charge in [0.25, 0.3) is 5.91 Å². The van der Waals surface area contributed by atoms with Crippen LogP contribution in [-0.2, 0) is 0 Å². The van der Waals surface area contributed by atoms with Crippen molar-refractivity contribution in [3.05, 3.63) is 80.0 Å². The topological polar surface area (TPSA) is 56.8 Å². The molecule has 0 unspecified atom stereocenters. The number of hydrogen-bond donors (Lipinski definition) is 2. The number of hydrogen-bond acceptors (Lipinski definition) is 5. The molecule has 1 fully saturated rings. The first-order valence-corrected chi connectivity index (χ1v) is 13.3. The van der Waals surface area contributed by atoms with Crippen molar-refractivity contribution in [3.8, 4) is 5.75 Å². The molecule has 1 heterocycles. The summed E-state index contributed by atoms with van der Waals surface area (Å²) in [6.07, 6.45) is 0. The van der Waals surface area contributed by atoms with E-state index < -0.39 is 40.7 Å². The van der Waals surface area contributed by atoms with Gasteiger partial charge >= 0.3 is 0 Å². The van der Waals surface area contributed by atoms with E-state index in [1.807, 2.05) is 4.90 Å². The predicted molar refractivity (Wildman–Crippen MR) is 149 cm³/mol. The number of amides is 1. The lowest BCUT2D eigenvalue weighted by atomic mass is 10.2. The number of nitrogens with zero attached hydrogens (tertiary/aromatic N) is 2. The number of ether oxygens (including phenoxy) is 1. The Hall–Kier alpha value is -2.97. The van der Waals surface area contributed by atoms with E-state index in [1.54, 1.807) is 36.4 Å². The second-order valence-electron chi connectivity index (χ2n) is 8.32. The van der Waals surface area contributed by atoms with Gasteiger partial charge in [0.05, 0.1) is 17.1 Å². The summed E-state index contributed by atoms with van der Waals surface area (Å²) in [5.41, 5.74) is 0.708. The van der Waals surface area contributed by atoms with Gasteiger partial charge in [0.2, 0.25) is 5.82 Å². The third-order valence-corrected chi connectivity index (χ3v) is 7.21. The lowest BCUT2D eigenvalue weighted by molar-refractivity contribution is 0.0974. The SMILES string of the molecule is COc1c(Br)cc(Br)cc1C(=O)NC(=S)Nc1ccc(N2CCN(c3c(F)c(F)c(F)c(F)c3F)CC2)cc1. The number of carbonyl (C=O) groups excluding carboxylic acids is 1. The van der Waals surface area contributed by atoms with Crippen molar-refractivity contribution in [3.63, 3.8) is 0 Å². The normalized spacial score (nSPS) is 13.3. The number of methoxy groups -OCH3 is 1. The van der Waals surface area contributed by atoms with Gasteiger partial charge in [-0.05, 0) is 64.5 Å². The Morgan fingerprint density at radius 3 is 1.97 bits per heavy atom. The summed E-state index contributed by atoms with van der Waals surface area (Å²) in [6.45, 7) is 0.656. The molecule has 0 saturated carbocycles. The van der Waals surface area contributed by atoms with Gasteiger partial charge < -0.3 is 19.9 Å². The fraction of sp³-hybridized carbons (Fsp3) is 0.200. The molecule has 1 amide bonds. The zero-order valence-electron chi connectivity index (χ0n) is 20.1. The predicted octanol–water partition coefficient (Wildman–Crippen LogP) is 6.37. The van der Waals surface area contributed by atoms with E-state index in [-0.39, 0.29) is 36.9 Å². The minimum absolute atomic E-state index is 0.0453. The summed E-state index contributed by atoms with van der Waals surface area (Å²) in [5, 5.41) is 5.58. The van der Waals surface area contributed by atoms with Crippen LogP contribution in [0.3, 0.4) is 0 Å². The van der Waals surface area contributed by atoms with Gasteiger partial charge in [-0.2, -0.15) is 0 Å². The highest BCUT2D eigenvalue weighted by molar-refractivity contribution is 9.11. The molecule has 0 spiro atoms. The molecule has 3 aromatic rings. The molecule has 0 radical (unpaired) electrons. The van der Waals surface area contributed by atoms with Gasteiger partial charge in [-0.3, -0.25) is 10.1 Å². The molecular formula is C25H19Br2F5N4O2S. The zero-order chi connectivity index (χ0) is 28.4. The molecule has 0 atom stereocenters. The first kappa shape index (κ1) is 29.0. The standard InChI is InChI=1S/C25H19Br2F5N4O2S/c1-38-23-15(10-12(26)11-16(23)27)24(37)34-25(39)33-13-2-4-14(5-3-13)35-6-8-36(9-7-35)22-20(31)18(29)17(28)19(30)21(22)32/h2-5,10-11H,6-9H2,1H3,(H2,33,34,37,39). The summed E-state index contributed by atoms with van der Waals surface area (Å²) in [6, 6.07) is 10.3. The van der Waals surface area contributed by atoms with Crippen LogP contribution < -0.4 is 25.2 Å². The second kappa shape index (κ2) is 12.0. The Labute approximate surface area is 242 Å². The van der Waals surface area contributed by atoms with Gasteiger partial charge in [-0.15, -0.1) is 0 Å². The largest absolute Gasteiger partial charge is 0.495 e. The molecule has 6 nitrogen and oxygen atoms in total. The molecule has 4 rings (SSSR count). The molecule has 0 aromatic heterocycles. The lowest BCUT2D eigenvalue weighted by Gasteiger charge is -2.37. The van der Waals surface area contributed by atoms with Gasteiger partial charge in [0.15, 0.2) is 28.4 Å². The Morgan fingerprint density at radius 1 is 0.872 bits per heavy atom. The van der Waals surface area contributed by atoms with Crippen LogP contribution in [0.2, 0.25) is 0 Å². The smallest absolute Gasteiger partial charge is 0.261 e.